The van der Waals surface area contributed by atoms with Crippen molar-refractivity contribution in [2.45, 2.75) is 63.4 Å². The molecule has 0 saturated carbocycles. The van der Waals surface area contributed by atoms with E-state index in [1.54, 1.807) is 18.3 Å². The van der Waals surface area contributed by atoms with Gasteiger partial charge in [0.15, 0.2) is 0 Å². The molecule has 5 aromatic rings. The molecule has 0 saturated heterocycles. The fourth-order valence-electron chi connectivity index (χ4n) is 7.01. The number of pyridine rings is 2. The number of carboxylic acid groups (broad SMARTS) is 1. The topological polar surface area (TPSA) is 164 Å². The maximum absolute atomic E-state index is 11.8. The molecular weight excluding hydrogens is 713 g/mol. The minimum atomic E-state index is -1.62. The first-order chi connectivity index (χ1) is 25.6. The fourth-order valence-corrected chi connectivity index (χ4v) is 7.56. The quantitative estimate of drug-likeness (QED) is 0.105. The van der Waals surface area contributed by atoms with E-state index < -0.39 is 18.1 Å². The van der Waals surface area contributed by atoms with Gasteiger partial charge in [0.05, 0.1) is 17.2 Å². The number of fused-ring (bicyclic) bond motifs is 2. The lowest BCUT2D eigenvalue weighted by Gasteiger charge is -2.24. The Labute approximate surface area is 317 Å². The van der Waals surface area contributed by atoms with Gasteiger partial charge in [0, 0.05) is 47.2 Å². The van der Waals surface area contributed by atoms with Gasteiger partial charge in [-0.3, -0.25) is 15.1 Å². The molecule has 0 fully saturated rings. The summed E-state index contributed by atoms with van der Waals surface area (Å²) in [5.74, 6) is -0.923. The SMILES string of the molecule is CC(CO)(NCc1cc(Cl)c(O[C@H]2CCc3c(-c4cccc(-c5ccc6c(c5)CC(N)C6)c4Cl)cccc32)nc1OCc1cncc(C#N)c1)C(=O)O. The van der Waals surface area contributed by atoms with Gasteiger partial charge >= 0.3 is 5.97 Å². The molecule has 3 atom stereocenters. The Hall–Kier alpha value is -5.02. The molecule has 0 radical (unpaired) electrons. The number of carbonyl (C=O) groups is 1. The highest BCUT2D eigenvalue weighted by atomic mass is 35.5. The number of aliphatic hydroxyl groups excluding tert-OH is 1. The van der Waals surface area contributed by atoms with Crippen LogP contribution in [0.1, 0.15) is 58.4 Å². The molecule has 2 aliphatic rings. The predicted molar refractivity (Wildman–Crippen MR) is 202 cm³/mol. The van der Waals surface area contributed by atoms with Crippen molar-refractivity contribution in [2.24, 2.45) is 5.73 Å². The predicted octanol–water partition coefficient (Wildman–Crippen LogP) is 6.99. The second-order valence-electron chi connectivity index (χ2n) is 13.7. The number of nitrogens with zero attached hydrogens (tertiary/aromatic N) is 3. The smallest absolute Gasteiger partial charge is 0.326 e. The number of nitriles is 1. The zero-order valence-corrected chi connectivity index (χ0v) is 30.4. The lowest BCUT2D eigenvalue weighted by Crippen LogP contribution is -2.52. The van der Waals surface area contributed by atoms with E-state index in [0.29, 0.717) is 28.1 Å². The zero-order chi connectivity index (χ0) is 37.3. The van der Waals surface area contributed by atoms with Gasteiger partial charge < -0.3 is 25.4 Å². The van der Waals surface area contributed by atoms with E-state index in [0.717, 1.165) is 52.6 Å². The molecule has 0 amide bonds. The third-order valence-electron chi connectivity index (χ3n) is 9.98. The number of rotatable bonds is 12. The van der Waals surface area contributed by atoms with Crippen LogP contribution >= 0.6 is 23.2 Å². The molecule has 270 valence electrons. The van der Waals surface area contributed by atoms with Crippen molar-refractivity contribution in [1.29, 1.82) is 5.26 Å². The first-order valence-corrected chi connectivity index (χ1v) is 18.0. The van der Waals surface area contributed by atoms with Crippen LogP contribution in [0.15, 0.2) is 79.1 Å². The van der Waals surface area contributed by atoms with Crippen LogP contribution in [-0.2, 0) is 37.2 Å². The maximum atomic E-state index is 11.8. The summed E-state index contributed by atoms with van der Waals surface area (Å²) in [6, 6.07) is 24.2. The van der Waals surface area contributed by atoms with E-state index in [4.69, 9.17) is 38.4 Å². The highest BCUT2D eigenvalue weighted by molar-refractivity contribution is 6.36. The van der Waals surface area contributed by atoms with Crippen molar-refractivity contribution in [3.63, 3.8) is 0 Å². The van der Waals surface area contributed by atoms with Gasteiger partial charge in [0.2, 0.25) is 11.8 Å². The van der Waals surface area contributed by atoms with Gasteiger partial charge in [-0.05, 0) is 78.1 Å². The lowest BCUT2D eigenvalue weighted by atomic mass is 9.93. The molecular formula is C41H37Cl2N5O5. The molecule has 7 rings (SSSR count). The summed E-state index contributed by atoms with van der Waals surface area (Å²) >= 11 is 14.0. The second-order valence-corrected chi connectivity index (χ2v) is 14.5. The van der Waals surface area contributed by atoms with E-state index in [1.165, 1.54) is 24.2 Å². The van der Waals surface area contributed by atoms with Crippen LogP contribution in [0.3, 0.4) is 0 Å². The average Bonchev–Trinajstić information content (AvgIpc) is 3.76. The van der Waals surface area contributed by atoms with Crippen molar-refractivity contribution in [1.82, 2.24) is 15.3 Å². The summed E-state index contributed by atoms with van der Waals surface area (Å²) in [4.78, 5) is 20.6. The molecule has 0 spiro atoms. The molecule has 12 heteroatoms. The van der Waals surface area contributed by atoms with Gasteiger partial charge in [0.25, 0.3) is 0 Å². The van der Waals surface area contributed by atoms with Crippen LogP contribution in [0.2, 0.25) is 10.0 Å². The van der Waals surface area contributed by atoms with E-state index in [-0.39, 0.29) is 42.1 Å². The van der Waals surface area contributed by atoms with Crippen LogP contribution in [0.5, 0.6) is 11.8 Å². The van der Waals surface area contributed by atoms with Crippen molar-refractivity contribution in [3.05, 3.63) is 128 Å². The molecule has 2 aromatic heterocycles. The molecule has 2 heterocycles. The van der Waals surface area contributed by atoms with Crippen LogP contribution in [0, 0.1) is 11.3 Å². The molecule has 0 aliphatic heterocycles. The van der Waals surface area contributed by atoms with Gasteiger partial charge in [-0.15, -0.1) is 0 Å². The number of aliphatic carboxylic acids is 1. The largest absolute Gasteiger partial charge is 0.480 e. The average molecular weight is 751 g/mol. The van der Waals surface area contributed by atoms with Crippen molar-refractivity contribution in [2.75, 3.05) is 6.61 Å². The number of aliphatic hydroxyl groups is 1. The van der Waals surface area contributed by atoms with Gasteiger partial charge in [-0.1, -0.05) is 77.8 Å². The molecule has 10 nitrogen and oxygen atoms in total. The van der Waals surface area contributed by atoms with Gasteiger partial charge in [0.1, 0.15) is 29.3 Å². The Bertz CT molecular complexity index is 2260. The highest BCUT2D eigenvalue weighted by Gasteiger charge is 2.33. The lowest BCUT2D eigenvalue weighted by molar-refractivity contribution is -0.145. The third-order valence-corrected chi connectivity index (χ3v) is 10.7. The normalized spacial score (nSPS) is 17.1. The summed E-state index contributed by atoms with van der Waals surface area (Å²) in [5.41, 5.74) is 14.8. The molecule has 2 unspecified atom stereocenters. The number of nitrogens with two attached hydrogens (primary N) is 1. The van der Waals surface area contributed by atoms with E-state index in [9.17, 15) is 20.3 Å². The molecule has 5 N–H and O–H groups in total. The number of benzene rings is 3. The van der Waals surface area contributed by atoms with Crippen molar-refractivity contribution in [3.8, 4) is 40.1 Å². The first kappa shape index (κ1) is 36.3. The number of aromatic nitrogens is 2. The van der Waals surface area contributed by atoms with Crippen LogP contribution in [0.4, 0.5) is 0 Å². The fraction of sp³-hybridized carbons (Fsp3) is 0.268. The zero-order valence-electron chi connectivity index (χ0n) is 28.9. The number of hydrogen-bond donors (Lipinski definition) is 4. The third kappa shape index (κ3) is 7.45. The van der Waals surface area contributed by atoms with E-state index in [2.05, 4.69) is 45.6 Å². The number of nitrogens with one attached hydrogen (secondary N) is 1. The Balaban J connectivity index is 1.17. The Morgan fingerprint density at radius 2 is 1.81 bits per heavy atom. The standard InChI is InChI=1S/C41H37Cl2N5O5/c1-41(22-49,40(50)51)47-20-28-16-35(42)39(48-38(28)52-21-24-12-23(17-44)18-46-19-24)53-36-11-10-32-31(5-3-6-33(32)36)34-7-2-4-30(37(34)43)26-9-8-25-14-29(45)15-27(25)13-26/h2-9,12-13,16,18-19,29,36,47,49H,10-11,14-15,20-22,45H2,1H3,(H,50,51)/t29?,36-,41?/m0/s1. The summed E-state index contributed by atoms with van der Waals surface area (Å²) < 4.78 is 12.6. The summed E-state index contributed by atoms with van der Waals surface area (Å²) in [6.07, 6.45) is 5.84. The van der Waals surface area contributed by atoms with Crippen molar-refractivity contribution >= 4 is 29.2 Å². The first-order valence-electron chi connectivity index (χ1n) is 17.3. The Kier molecular flexibility index (Phi) is 10.4. The summed E-state index contributed by atoms with van der Waals surface area (Å²) in [6.45, 7) is 0.722. The Morgan fingerprint density at radius 3 is 2.60 bits per heavy atom. The van der Waals surface area contributed by atoms with Crippen molar-refractivity contribution < 1.29 is 24.5 Å². The van der Waals surface area contributed by atoms with Crippen LogP contribution in [-0.4, -0.2) is 44.3 Å². The minimum Gasteiger partial charge on any atom is -0.480 e. The number of hydrogen-bond acceptors (Lipinski definition) is 9. The monoisotopic (exact) mass is 749 g/mol. The molecule has 53 heavy (non-hydrogen) atoms. The molecule has 3 aromatic carbocycles. The highest BCUT2D eigenvalue weighted by Crippen LogP contribution is 2.45. The van der Waals surface area contributed by atoms with Crippen LogP contribution in [0.25, 0.3) is 22.3 Å². The molecule has 0 bridgehead atoms. The summed E-state index contributed by atoms with van der Waals surface area (Å²) in [5, 5.41) is 32.5. The summed E-state index contributed by atoms with van der Waals surface area (Å²) in [7, 11) is 0. The van der Waals surface area contributed by atoms with Gasteiger partial charge in [-0.25, -0.2) is 0 Å². The number of carboxylic acids is 1. The van der Waals surface area contributed by atoms with E-state index in [1.807, 2.05) is 30.3 Å². The Morgan fingerprint density at radius 1 is 1.04 bits per heavy atom. The van der Waals surface area contributed by atoms with E-state index >= 15 is 0 Å². The number of halogens is 2. The maximum Gasteiger partial charge on any atom is 0.326 e. The second kappa shape index (κ2) is 15.1. The number of ether oxygens (including phenoxy) is 2. The van der Waals surface area contributed by atoms with Gasteiger partial charge in [-0.2, -0.15) is 10.2 Å². The van der Waals surface area contributed by atoms with Crippen LogP contribution < -0.4 is 20.5 Å². The minimum absolute atomic E-state index is 0.0221. The molecule has 2 aliphatic carbocycles.